The molecule has 0 radical (unpaired) electrons. The lowest BCUT2D eigenvalue weighted by molar-refractivity contribution is -0.119. The van der Waals surface area contributed by atoms with Crippen LogP contribution in [0.5, 0.6) is 0 Å². The van der Waals surface area contributed by atoms with E-state index in [1.807, 2.05) is 4.57 Å². The molecule has 0 saturated carbocycles. The van der Waals surface area contributed by atoms with Crippen LogP contribution in [0.3, 0.4) is 0 Å². The van der Waals surface area contributed by atoms with Crippen molar-refractivity contribution in [2.24, 2.45) is 5.92 Å². The highest BCUT2D eigenvalue weighted by atomic mass is 32.2. The van der Waals surface area contributed by atoms with Gasteiger partial charge in [-0.15, -0.1) is 10.2 Å². The van der Waals surface area contributed by atoms with E-state index in [9.17, 15) is 4.79 Å². The topological polar surface area (TPSA) is 81.5 Å². The van der Waals surface area contributed by atoms with E-state index in [0.717, 1.165) is 51.6 Å². The predicted molar refractivity (Wildman–Crippen MR) is 124 cm³/mol. The van der Waals surface area contributed by atoms with E-state index in [2.05, 4.69) is 58.5 Å². The van der Waals surface area contributed by atoms with E-state index in [-0.39, 0.29) is 5.91 Å². The Hall–Kier alpha value is -1.94. The van der Waals surface area contributed by atoms with Crippen LogP contribution in [0, 0.1) is 5.92 Å². The number of nitrogens with zero attached hydrogens (tertiary/aromatic N) is 4. The van der Waals surface area contributed by atoms with Gasteiger partial charge in [0.25, 0.3) is 0 Å². The van der Waals surface area contributed by atoms with Crippen molar-refractivity contribution in [2.75, 3.05) is 51.8 Å². The number of hydrogen-bond donors (Lipinski definition) is 1. The van der Waals surface area contributed by atoms with Crippen molar-refractivity contribution in [1.29, 1.82) is 0 Å². The summed E-state index contributed by atoms with van der Waals surface area (Å²) < 4.78 is 13.0. The van der Waals surface area contributed by atoms with Gasteiger partial charge in [0.2, 0.25) is 5.91 Å². The Bertz CT molecular complexity index is 861. The zero-order valence-corrected chi connectivity index (χ0v) is 19.7. The Morgan fingerprint density at radius 2 is 1.97 bits per heavy atom. The summed E-state index contributed by atoms with van der Waals surface area (Å²) in [4.78, 5) is 15.1. The van der Waals surface area contributed by atoms with Crippen LogP contribution in [0.25, 0.3) is 5.69 Å². The molecule has 3 heterocycles. The van der Waals surface area contributed by atoms with Crippen molar-refractivity contribution >= 4 is 17.7 Å². The largest absolute Gasteiger partial charge is 0.381 e. The second-order valence-electron chi connectivity index (χ2n) is 8.66. The third-order valence-corrected chi connectivity index (χ3v) is 7.16. The first kappa shape index (κ1) is 23.2. The summed E-state index contributed by atoms with van der Waals surface area (Å²) in [5, 5.41) is 12.1. The van der Waals surface area contributed by atoms with Crippen LogP contribution in [0.2, 0.25) is 0 Å². The summed E-state index contributed by atoms with van der Waals surface area (Å²) in [7, 11) is 0. The second-order valence-corrected chi connectivity index (χ2v) is 9.60. The van der Waals surface area contributed by atoms with Crippen molar-refractivity contribution in [3.63, 3.8) is 0 Å². The summed E-state index contributed by atoms with van der Waals surface area (Å²) in [6, 6.07) is 8.68. The van der Waals surface area contributed by atoms with Gasteiger partial charge in [0.1, 0.15) is 6.33 Å². The molecule has 2 saturated heterocycles. The quantitative estimate of drug-likeness (QED) is 0.577. The monoisotopic (exact) mass is 459 g/mol. The highest BCUT2D eigenvalue weighted by molar-refractivity contribution is 7.99. The number of rotatable bonds is 9. The van der Waals surface area contributed by atoms with Crippen molar-refractivity contribution in [3.8, 4) is 5.69 Å². The third-order valence-electron chi connectivity index (χ3n) is 6.22. The zero-order valence-electron chi connectivity index (χ0n) is 18.9. The minimum absolute atomic E-state index is 0.0110. The standard InChI is InChI=1S/C23H33N5O3S/c1-17(2)18-3-5-20(6-4-18)28-16-25-26-23(28)32-15-22(29)24-13-21(19-7-10-31-14-19)27-8-11-30-12-9-27/h3-6,16-17,19,21H,7-15H2,1-2H3,(H,24,29). The van der Waals surface area contributed by atoms with E-state index in [0.29, 0.717) is 35.3 Å². The normalized spacial score (nSPS) is 20.5. The summed E-state index contributed by atoms with van der Waals surface area (Å²) in [6.07, 6.45) is 2.74. The zero-order chi connectivity index (χ0) is 22.3. The lowest BCUT2D eigenvalue weighted by atomic mass is 9.97. The average molecular weight is 460 g/mol. The maximum atomic E-state index is 12.6. The van der Waals surface area contributed by atoms with Crippen LogP contribution in [-0.4, -0.2) is 83.4 Å². The SMILES string of the molecule is CC(C)c1ccc(-n2cnnc2SCC(=O)NCC(C2CCOC2)N2CCOCC2)cc1. The van der Waals surface area contributed by atoms with Gasteiger partial charge in [-0.3, -0.25) is 14.3 Å². The molecule has 2 aliphatic rings. The lowest BCUT2D eigenvalue weighted by Crippen LogP contribution is -2.52. The molecule has 0 spiro atoms. The minimum atomic E-state index is 0.0110. The van der Waals surface area contributed by atoms with Crippen LogP contribution in [0.4, 0.5) is 0 Å². The summed E-state index contributed by atoms with van der Waals surface area (Å²) in [5.41, 5.74) is 2.29. The number of ether oxygens (including phenoxy) is 2. The number of nitrogens with one attached hydrogen (secondary N) is 1. The van der Waals surface area contributed by atoms with Gasteiger partial charge in [-0.05, 0) is 30.0 Å². The van der Waals surface area contributed by atoms with Gasteiger partial charge in [-0.25, -0.2) is 0 Å². The Labute approximate surface area is 194 Å². The van der Waals surface area contributed by atoms with Crippen molar-refractivity contribution in [1.82, 2.24) is 25.0 Å². The van der Waals surface area contributed by atoms with E-state index in [1.54, 1.807) is 6.33 Å². The van der Waals surface area contributed by atoms with Crippen molar-refractivity contribution < 1.29 is 14.3 Å². The molecule has 4 rings (SSSR count). The molecule has 1 aromatic heterocycles. The predicted octanol–water partition coefficient (Wildman–Crippen LogP) is 2.34. The van der Waals surface area contributed by atoms with Gasteiger partial charge in [0.15, 0.2) is 5.16 Å². The van der Waals surface area contributed by atoms with E-state index < -0.39 is 0 Å². The molecular weight excluding hydrogens is 426 g/mol. The molecule has 1 aromatic carbocycles. The fourth-order valence-electron chi connectivity index (χ4n) is 4.28. The highest BCUT2D eigenvalue weighted by Gasteiger charge is 2.31. The maximum Gasteiger partial charge on any atom is 0.230 e. The molecule has 2 aromatic rings. The first-order valence-corrected chi connectivity index (χ1v) is 12.4. The highest BCUT2D eigenvalue weighted by Crippen LogP contribution is 2.23. The van der Waals surface area contributed by atoms with Crippen molar-refractivity contribution in [3.05, 3.63) is 36.2 Å². The smallest absolute Gasteiger partial charge is 0.230 e. The number of aromatic nitrogens is 3. The van der Waals surface area contributed by atoms with Crippen LogP contribution in [0.1, 0.15) is 31.7 Å². The molecule has 1 amide bonds. The summed E-state index contributed by atoms with van der Waals surface area (Å²) in [5.74, 6) is 1.26. The fraction of sp³-hybridized carbons (Fsp3) is 0.609. The number of carbonyl (C=O) groups is 1. The third kappa shape index (κ3) is 5.89. The van der Waals surface area contributed by atoms with E-state index in [4.69, 9.17) is 9.47 Å². The van der Waals surface area contributed by atoms with Crippen LogP contribution in [-0.2, 0) is 14.3 Å². The number of amides is 1. The number of hydrogen-bond acceptors (Lipinski definition) is 7. The molecule has 0 aliphatic carbocycles. The first-order valence-electron chi connectivity index (χ1n) is 11.4. The van der Waals surface area contributed by atoms with E-state index in [1.165, 1.54) is 17.3 Å². The van der Waals surface area contributed by atoms with Crippen LogP contribution < -0.4 is 5.32 Å². The maximum absolute atomic E-state index is 12.6. The number of carbonyl (C=O) groups excluding carboxylic acids is 1. The minimum Gasteiger partial charge on any atom is -0.381 e. The van der Waals surface area contributed by atoms with Crippen molar-refractivity contribution in [2.45, 2.75) is 37.4 Å². The second kappa shape index (κ2) is 11.3. The molecule has 2 aliphatic heterocycles. The Morgan fingerprint density at radius 3 is 2.66 bits per heavy atom. The molecule has 8 nitrogen and oxygen atoms in total. The van der Waals surface area contributed by atoms with Crippen LogP contribution in [0.15, 0.2) is 35.7 Å². The molecule has 2 fully saturated rings. The Balaban J connectivity index is 1.31. The van der Waals surface area contributed by atoms with Gasteiger partial charge >= 0.3 is 0 Å². The summed E-state index contributed by atoms with van der Waals surface area (Å²) in [6.45, 7) is 9.89. The molecule has 32 heavy (non-hydrogen) atoms. The first-order chi connectivity index (χ1) is 15.6. The number of benzene rings is 1. The molecular formula is C23H33N5O3S. The van der Waals surface area contributed by atoms with Gasteiger partial charge in [-0.1, -0.05) is 37.7 Å². The van der Waals surface area contributed by atoms with Gasteiger partial charge in [-0.2, -0.15) is 0 Å². The van der Waals surface area contributed by atoms with Gasteiger partial charge in [0.05, 0.1) is 25.6 Å². The number of morpholine rings is 1. The Morgan fingerprint density at radius 1 is 1.19 bits per heavy atom. The molecule has 2 unspecified atom stereocenters. The molecule has 9 heteroatoms. The van der Waals surface area contributed by atoms with E-state index >= 15 is 0 Å². The van der Waals surface area contributed by atoms with Gasteiger partial charge in [0, 0.05) is 43.9 Å². The molecule has 174 valence electrons. The lowest BCUT2D eigenvalue weighted by Gasteiger charge is -2.37. The Kier molecular flexibility index (Phi) is 8.18. The fourth-order valence-corrected chi connectivity index (χ4v) is 5.04. The van der Waals surface area contributed by atoms with Gasteiger partial charge < -0.3 is 14.8 Å². The molecule has 2 atom stereocenters. The molecule has 0 bridgehead atoms. The summed E-state index contributed by atoms with van der Waals surface area (Å²) >= 11 is 1.41. The van der Waals surface area contributed by atoms with Crippen LogP contribution >= 0.6 is 11.8 Å². The molecule has 1 N–H and O–H groups in total. The average Bonchev–Trinajstić information content (AvgIpc) is 3.51. The number of thioether (sulfide) groups is 1.